The molecule has 112 valence electrons. The van der Waals surface area contributed by atoms with Crippen LogP contribution in [0.15, 0.2) is 36.5 Å². The lowest BCUT2D eigenvalue weighted by molar-refractivity contribution is -0.275. The van der Waals surface area contributed by atoms with E-state index < -0.39 is 12.4 Å². The molecule has 0 saturated carbocycles. The minimum Gasteiger partial charge on any atom is -0.405 e. The first-order valence-corrected chi connectivity index (χ1v) is 6.01. The second-order valence-corrected chi connectivity index (χ2v) is 4.21. The van der Waals surface area contributed by atoms with E-state index in [9.17, 15) is 13.2 Å². The van der Waals surface area contributed by atoms with Gasteiger partial charge in [-0.15, -0.1) is 13.2 Å². The van der Waals surface area contributed by atoms with Crippen LogP contribution < -0.4 is 16.0 Å². The standard InChI is InChI=1S/C13H13F3N4O/c1-8-18-7-6-10(19-8)12(20-17)9-4-2-3-5-11(9)21-13(14,15)16/h2-7,12,20H,17H2,1H3. The number of aryl methyl sites for hydroxylation is 1. The van der Waals surface area contributed by atoms with Crippen LogP contribution in [-0.2, 0) is 0 Å². The Labute approximate surface area is 118 Å². The van der Waals surface area contributed by atoms with Crippen LogP contribution in [0.4, 0.5) is 13.2 Å². The van der Waals surface area contributed by atoms with Crippen molar-refractivity contribution in [2.24, 2.45) is 5.84 Å². The zero-order chi connectivity index (χ0) is 15.5. The quantitative estimate of drug-likeness (QED) is 0.669. The van der Waals surface area contributed by atoms with E-state index >= 15 is 0 Å². The van der Waals surface area contributed by atoms with Crippen LogP contribution in [0.1, 0.15) is 23.1 Å². The van der Waals surface area contributed by atoms with Crippen molar-refractivity contribution >= 4 is 0 Å². The molecule has 8 heteroatoms. The molecule has 1 heterocycles. The maximum absolute atomic E-state index is 12.5. The fourth-order valence-electron chi connectivity index (χ4n) is 1.91. The summed E-state index contributed by atoms with van der Waals surface area (Å²) in [5.41, 5.74) is 3.13. The summed E-state index contributed by atoms with van der Waals surface area (Å²) in [6, 6.07) is 6.58. The number of alkyl halides is 3. The molecule has 0 aliphatic carbocycles. The van der Waals surface area contributed by atoms with E-state index in [4.69, 9.17) is 5.84 Å². The topological polar surface area (TPSA) is 73.1 Å². The van der Waals surface area contributed by atoms with Gasteiger partial charge in [-0.05, 0) is 19.1 Å². The van der Waals surface area contributed by atoms with Crippen molar-refractivity contribution in [2.45, 2.75) is 19.3 Å². The van der Waals surface area contributed by atoms with Gasteiger partial charge >= 0.3 is 6.36 Å². The molecule has 5 nitrogen and oxygen atoms in total. The molecule has 0 fully saturated rings. The number of hydrogen-bond acceptors (Lipinski definition) is 5. The molecule has 0 radical (unpaired) electrons. The van der Waals surface area contributed by atoms with Gasteiger partial charge in [-0.25, -0.2) is 15.4 Å². The van der Waals surface area contributed by atoms with Crippen molar-refractivity contribution in [1.82, 2.24) is 15.4 Å². The summed E-state index contributed by atoms with van der Waals surface area (Å²) in [4.78, 5) is 8.11. The molecule has 0 saturated heterocycles. The maximum Gasteiger partial charge on any atom is 0.573 e. The second kappa shape index (κ2) is 6.06. The van der Waals surface area contributed by atoms with Crippen LogP contribution in [-0.4, -0.2) is 16.3 Å². The van der Waals surface area contributed by atoms with E-state index in [-0.39, 0.29) is 11.3 Å². The highest BCUT2D eigenvalue weighted by atomic mass is 19.4. The van der Waals surface area contributed by atoms with E-state index in [1.54, 1.807) is 19.1 Å². The summed E-state index contributed by atoms with van der Waals surface area (Å²) in [6.45, 7) is 1.68. The molecule has 0 aliphatic heterocycles. The van der Waals surface area contributed by atoms with E-state index in [0.717, 1.165) is 0 Å². The number of nitrogens with zero attached hydrogens (tertiary/aromatic N) is 2. The number of ether oxygens (including phenoxy) is 1. The average molecular weight is 298 g/mol. The highest BCUT2D eigenvalue weighted by Gasteiger charge is 2.33. The number of hydrazine groups is 1. The van der Waals surface area contributed by atoms with Gasteiger partial charge in [0, 0.05) is 11.8 Å². The Balaban J connectivity index is 2.43. The number of benzene rings is 1. The number of nitrogens with two attached hydrogens (primary N) is 1. The molecule has 21 heavy (non-hydrogen) atoms. The van der Waals surface area contributed by atoms with Gasteiger partial charge in [-0.1, -0.05) is 18.2 Å². The zero-order valence-electron chi connectivity index (χ0n) is 11.1. The predicted molar refractivity (Wildman–Crippen MR) is 69.1 cm³/mol. The molecular formula is C13H13F3N4O. The van der Waals surface area contributed by atoms with Gasteiger partial charge in [-0.2, -0.15) is 0 Å². The number of nitrogens with one attached hydrogen (secondary N) is 1. The SMILES string of the molecule is Cc1nccc(C(NN)c2ccccc2OC(F)(F)F)n1. The van der Waals surface area contributed by atoms with Crippen LogP contribution in [0.5, 0.6) is 5.75 Å². The molecule has 0 amide bonds. The first-order valence-electron chi connectivity index (χ1n) is 6.01. The summed E-state index contributed by atoms with van der Waals surface area (Å²) in [6.07, 6.45) is -3.27. The van der Waals surface area contributed by atoms with Crippen molar-refractivity contribution in [3.05, 3.63) is 53.6 Å². The Kier molecular flexibility index (Phi) is 4.39. The molecule has 1 aromatic carbocycles. The highest BCUT2D eigenvalue weighted by molar-refractivity contribution is 5.39. The molecule has 0 aliphatic rings. The van der Waals surface area contributed by atoms with Gasteiger partial charge in [0.15, 0.2) is 0 Å². The molecule has 1 atom stereocenters. The third-order valence-electron chi connectivity index (χ3n) is 2.72. The van der Waals surface area contributed by atoms with E-state index in [2.05, 4.69) is 20.1 Å². The van der Waals surface area contributed by atoms with E-state index in [1.165, 1.54) is 24.4 Å². The summed E-state index contributed by atoms with van der Waals surface area (Å²) in [7, 11) is 0. The van der Waals surface area contributed by atoms with Crippen LogP contribution in [0.3, 0.4) is 0 Å². The van der Waals surface area contributed by atoms with Gasteiger partial charge in [0.2, 0.25) is 0 Å². The average Bonchev–Trinajstić information content (AvgIpc) is 2.40. The summed E-state index contributed by atoms with van der Waals surface area (Å²) >= 11 is 0. The second-order valence-electron chi connectivity index (χ2n) is 4.21. The van der Waals surface area contributed by atoms with Gasteiger partial charge in [-0.3, -0.25) is 5.84 Å². The van der Waals surface area contributed by atoms with Gasteiger partial charge in [0.05, 0.1) is 11.7 Å². The fraction of sp³-hybridized carbons (Fsp3) is 0.231. The predicted octanol–water partition coefficient (Wildman–Crippen LogP) is 2.24. The Hall–Kier alpha value is -2.19. The Morgan fingerprint density at radius 3 is 2.57 bits per heavy atom. The van der Waals surface area contributed by atoms with Crippen LogP contribution in [0, 0.1) is 6.92 Å². The first kappa shape index (κ1) is 15.2. The van der Waals surface area contributed by atoms with Crippen molar-refractivity contribution in [3.8, 4) is 5.75 Å². The summed E-state index contributed by atoms with van der Waals surface area (Å²) in [5, 5.41) is 0. The normalized spacial score (nSPS) is 13.0. The minimum atomic E-state index is -4.78. The van der Waals surface area contributed by atoms with Gasteiger partial charge < -0.3 is 4.74 Å². The zero-order valence-corrected chi connectivity index (χ0v) is 11.1. The number of hydrogen-bond donors (Lipinski definition) is 2. The van der Waals surface area contributed by atoms with Crippen LogP contribution >= 0.6 is 0 Å². The lowest BCUT2D eigenvalue weighted by Gasteiger charge is -2.20. The lowest BCUT2D eigenvalue weighted by Crippen LogP contribution is -2.30. The van der Waals surface area contributed by atoms with Crippen molar-refractivity contribution in [2.75, 3.05) is 0 Å². The number of rotatable bonds is 4. The third kappa shape index (κ3) is 3.89. The Bertz CT molecular complexity index is 618. The smallest absolute Gasteiger partial charge is 0.405 e. The molecule has 2 aromatic rings. The molecule has 1 unspecified atom stereocenters. The van der Waals surface area contributed by atoms with E-state index in [1.807, 2.05) is 0 Å². The first-order chi connectivity index (χ1) is 9.90. The lowest BCUT2D eigenvalue weighted by atomic mass is 10.0. The van der Waals surface area contributed by atoms with Crippen LogP contribution in [0.2, 0.25) is 0 Å². The van der Waals surface area contributed by atoms with E-state index in [0.29, 0.717) is 11.5 Å². The summed E-state index contributed by atoms with van der Waals surface area (Å²) < 4.78 is 41.4. The monoisotopic (exact) mass is 298 g/mol. The maximum atomic E-state index is 12.5. The molecule has 3 N–H and O–H groups in total. The molecule has 1 aromatic heterocycles. The molecule has 0 spiro atoms. The number of para-hydroxylation sites is 1. The minimum absolute atomic E-state index is 0.232. The van der Waals surface area contributed by atoms with Crippen LogP contribution in [0.25, 0.3) is 0 Å². The highest BCUT2D eigenvalue weighted by Crippen LogP contribution is 2.32. The van der Waals surface area contributed by atoms with Gasteiger partial charge in [0.25, 0.3) is 0 Å². The van der Waals surface area contributed by atoms with Crippen molar-refractivity contribution in [1.29, 1.82) is 0 Å². The number of aromatic nitrogens is 2. The summed E-state index contributed by atoms with van der Waals surface area (Å²) in [5.74, 6) is 5.63. The fourth-order valence-corrected chi connectivity index (χ4v) is 1.91. The molecular weight excluding hydrogens is 285 g/mol. The Morgan fingerprint density at radius 2 is 1.95 bits per heavy atom. The number of halogens is 3. The Morgan fingerprint density at radius 1 is 1.24 bits per heavy atom. The molecule has 0 bridgehead atoms. The third-order valence-corrected chi connectivity index (χ3v) is 2.72. The molecule has 2 rings (SSSR count). The van der Waals surface area contributed by atoms with Crippen molar-refractivity contribution in [3.63, 3.8) is 0 Å². The van der Waals surface area contributed by atoms with Gasteiger partial charge in [0.1, 0.15) is 11.6 Å². The largest absolute Gasteiger partial charge is 0.573 e. The van der Waals surface area contributed by atoms with Crippen molar-refractivity contribution < 1.29 is 17.9 Å².